The first-order valence-corrected chi connectivity index (χ1v) is 11.7. The number of imidazole rings is 1. The topological polar surface area (TPSA) is 54.7 Å². The Morgan fingerprint density at radius 1 is 0.842 bits per heavy atom. The van der Waals surface area contributed by atoms with Crippen LogP contribution in [0, 0.1) is 18.6 Å². The Bertz CT molecular complexity index is 1490. The molecule has 38 heavy (non-hydrogen) atoms. The lowest BCUT2D eigenvalue weighted by atomic mass is 10.2. The molecule has 0 radical (unpaired) electrons. The minimum Gasteiger partial charge on any atom is -0.392 e. The van der Waals surface area contributed by atoms with Crippen LogP contribution in [0.4, 0.5) is 27.6 Å². The summed E-state index contributed by atoms with van der Waals surface area (Å²) in [4.78, 5) is 3.72. The predicted octanol–water partition coefficient (Wildman–Crippen LogP) is 6.20. The highest BCUT2D eigenvalue weighted by molar-refractivity contribution is 5.79. The van der Waals surface area contributed by atoms with Crippen molar-refractivity contribution in [1.82, 2.24) is 9.55 Å². The van der Waals surface area contributed by atoms with Gasteiger partial charge in [0.15, 0.2) is 0 Å². The number of benzene rings is 4. The Hall–Kier alpha value is -4.08. The summed E-state index contributed by atoms with van der Waals surface area (Å²) in [6.07, 6.45) is -4.69. The van der Waals surface area contributed by atoms with Crippen molar-refractivity contribution >= 4 is 16.7 Å². The van der Waals surface area contributed by atoms with Crippen molar-refractivity contribution in [1.29, 1.82) is 0 Å². The van der Waals surface area contributed by atoms with Crippen LogP contribution in [0.15, 0.2) is 91.0 Å². The summed E-state index contributed by atoms with van der Waals surface area (Å²) in [5.41, 5.74) is 2.90. The second-order valence-corrected chi connectivity index (χ2v) is 8.60. The van der Waals surface area contributed by atoms with E-state index in [2.05, 4.69) is 24.0 Å². The van der Waals surface area contributed by atoms with Gasteiger partial charge >= 0.3 is 6.18 Å². The van der Waals surface area contributed by atoms with E-state index in [4.69, 9.17) is 0 Å². The highest BCUT2D eigenvalue weighted by Crippen LogP contribution is 2.34. The van der Waals surface area contributed by atoms with Gasteiger partial charge in [-0.15, -0.1) is 0 Å². The van der Waals surface area contributed by atoms with Gasteiger partial charge in [0.25, 0.3) is 0 Å². The lowest BCUT2D eigenvalue weighted by Gasteiger charge is -2.12. The highest BCUT2D eigenvalue weighted by atomic mass is 19.4. The number of rotatable bonds is 5. The monoisotopic (exact) mass is 526 g/mol. The number of nitrogens with two attached hydrogens (primary N) is 1. The van der Waals surface area contributed by atoms with Gasteiger partial charge in [-0.1, -0.05) is 48.0 Å². The van der Waals surface area contributed by atoms with E-state index in [0.717, 1.165) is 4.57 Å². The predicted molar refractivity (Wildman–Crippen MR) is 135 cm³/mol. The normalized spacial score (nSPS) is 11.3. The van der Waals surface area contributed by atoms with Crippen molar-refractivity contribution in [3.8, 4) is 5.69 Å². The van der Waals surface area contributed by atoms with Gasteiger partial charge in [0.2, 0.25) is 5.82 Å². The third kappa shape index (κ3) is 6.24. The molecule has 5 rings (SSSR count). The Morgan fingerprint density at radius 2 is 1.50 bits per heavy atom. The molecular formula is C29H25F5N3O+. The summed E-state index contributed by atoms with van der Waals surface area (Å²) >= 11 is 0. The molecule has 1 aromatic heterocycles. The van der Waals surface area contributed by atoms with Crippen molar-refractivity contribution in [2.24, 2.45) is 0 Å². The number of hydrogen-bond donors (Lipinski definition) is 2. The lowest BCUT2D eigenvalue weighted by Crippen LogP contribution is -2.76. The number of alkyl halides is 3. The molecule has 0 aliphatic rings. The van der Waals surface area contributed by atoms with Crippen LogP contribution in [0.5, 0.6) is 0 Å². The standard InChI is InChI=1S/C22H16F5N3O.C7H8/c23-17-2-1-3-18(24)16(17)11-28-14-5-7-15(8-6-14)30-20-9-4-13(12-31)10-19(20)29-21(30)22(25,26)27;1-7-5-3-2-4-6-7/h1-10,28,31H,11-12H2;2-6H,1H3/p+1. The fraction of sp³-hybridized carbons (Fsp3) is 0.138. The number of hydrogen-bond acceptors (Lipinski definition) is 2. The van der Waals surface area contributed by atoms with E-state index in [-0.39, 0.29) is 35.4 Å². The van der Waals surface area contributed by atoms with E-state index in [1.807, 2.05) is 18.2 Å². The summed E-state index contributed by atoms with van der Waals surface area (Å²) in [7, 11) is 0. The molecule has 0 amide bonds. The summed E-state index contributed by atoms with van der Waals surface area (Å²) < 4.78 is 69.4. The van der Waals surface area contributed by atoms with Crippen molar-refractivity contribution in [2.75, 3.05) is 0 Å². The SMILES string of the molecule is Cc1ccccc1.OCc1ccc2c(c1)nc(C(F)(F)F)n2-c1ccc([NH2+]Cc2c(F)cccc2F)cc1. The van der Waals surface area contributed by atoms with Crippen molar-refractivity contribution < 1.29 is 32.4 Å². The van der Waals surface area contributed by atoms with Gasteiger partial charge in [-0.3, -0.25) is 4.57 Å². The molecule has 0 bridgehead atoms. The molecule has 0 aliphatic heterocycles. The largest absolute Gasteiger partial charge is 0.450 e. The molecule has 0 atom stereocenters. The minimum absolute atomic E-state index is 0.00357. The fourth-order valence-electron chi connectivity index (χ4n) is 3.92. The molecule has 0 fully saturated rings. The van der Waals surface area contributed by atoms with Crippen molar-refractivity contribution in [3.63, 3.8) is 0 Å². The van der Waals surface area contributed by atoms with Crippen LogP contribution < -0.4 is 5.32 Å². The molecule has 1 heterocycles. The molecular weight excluding hydrogens is 501 g/mol. The van der Waals surface area contributed by atoms with Crippen LogP contribution in [0.2, 0.25) is 0 Å². The number of aliphatic hydroxyl groups is 1. The van der Waals surface area contributed by atoms with Crippen LogP contribution in [0.1, 0.15) is 22.5 Å². The smallest absolute Gasteiger partial charge is 0.392 e. The molecule has 4 nitrogen and oxygen atoms in total. The molecule has 0 saturated heterocycles. The Labute approximate surface area is 216 Å². The maximum atomic E-state index is 13.8. The van der Waals surface area contributed by atoms with Crippen molar-refractivity contribution in [3.05, 3.63) is 125 Å². The van der Waals surface area contributed by atoms with E-state index >= 15 is 0 Å². The molecule has 9 heteroatoms. The third-order valence-electron chi connectivity index (χ3n) is 5.85. The van der Waals surface area contributed by atoms with Gasteiger partial charge in [0.1, 0.15) is 23.9 Å². The number of quaternary nitrogens is 1. The molecule has 5 aromatic rings. The average molecular weight is 527 g/mol. The number of halogens is 5. The summed E-state index contributed by atoms with van der Waals surface area (Å²) in [6.45, 7) is 1.78. The van der Waals surface area contributed by atoms with Crippen LogP contribution in [0.3, 0.4) is 0 Å². The Morgan fingerprint density at radius 3 is 2.05 bits per heavy atom. The molecule has 0 unspecified atom stereocenters. The second kappa shape index (κ2) is 11.5. The first-order valence-electron chi connectivity index (χ1n) is 11.7. The summed E-state index contributed by atoms with van der Waals surface area (Å²) in [5, 5.41) is 10.8. The molecule has 196 valence electrons. The van der Waals surface area contributed by atoms with Gasteiger partial charge in [0, 0.05) is 17.8 Å². The van der Waals surface area contributed by atoms with Gasteiger partial charge in [-0.2, -0.15) is 13.2 Å². The number of nitrogens with zero attached hydrogens (tertiary/aromatic N) is 2. The van der Waals surface area contributed by atoms with Gasteiger partial charge in [-0.05, 0) is 48.9 Å². The van der Waals surface area contributed by atoms with Crippen molar-refractivity contribution in [2.45, 2.75) is 26.3 Å². The second-order valence-electron chi connectivity index (χ2n) is 8.60. The van der Waals surface area contributed by atoms with Gasteiger partial charge in [-0.25, -0.2) is 13.8 Å². The zero-order valence-electron chi connectivity index (χ0n) is 20.4. The number of aromatic nitrogens is 2. The molecule has 0 aliphatic carbocycles. The first kappa shape index (κ1) is 27.0. The average Bonchev–Trinajstić information content (AvgIpc) is 3.29. The maximum Gasteiger partial charge on any atom is 0.450 e. The summed E-state index contributed by atoms with van der Waals surface area (Å²) in [6, 6.07) is 24.4. The number of fused-ring (bicyclic) bond motifs is 1. The Kier molecular flexibility index (Phi) is 8.19. The highest BCUT2D eigenvalue weighted by Gasteiger charge is 2.38. The van der Waals surface area contributed by atoms with E-state index in [0.29, 0.717) is 11.3 Å². The minimum atomic E-state index is -4.69. The molecule has 0 saturated carbocycles. The maximum absolute atomic E-state index is 13.8. The zero-order chi connectivity index (χ0) is 27.3. The van der Waals surface area contributed by atoms with E-state index in [1.165, 1.54) is 54.1 Å². The van der Waals surface area contributed by atoms with Gasteiger partial charge < -0.3 is 10.4 Å². The van der Waals surface area contributed by atoms with Crippen LogP contribution >= 0.6 is 0 Å². The molecule has 0 spiro atoms. The van der Waals surface area contributed by atoms with Gasteiger partial charge in [0.05, 0.1) is 23.2 Å². The Balaban J connectivity index is 0.000000417. The molecule has 3 N–H and O–H groups in total. The first-order chi connectivity index (χ1) is 18.2. The quantitative estimate of drug-likeness (QED) is 0.212. The zero-order valence-corrected chi connectivity index (χ0v) is 20.4. The number of aliphatic hydroxyl groups excluding tert-OH is 1. The van der Waals surface area contributed by atoms with E-state index in [9.17, 15) is 27.1 Å². The molecule has 4 aromatic carbocycles. The van der Waals surface area contributed by atoms with E-state index < -0.39 is 23.6 Å². The fourth-order valence-corrected chi connectivity index (χ4v) is 3.92. The van der Waals surface area contributed by atoms with Crippen LogP contribution in [-0.4, -0.2) is 14.7 Å². The van der Waals surface area contributed by atoms with Crippen LogP contribution in [-0.2, 0) is 19.3 Å². The number of aryl methyl sites for hydroxylation is 1. The lowest BCUT2D eigenvalue weighted by molar-refractivity contribution is -0.589. The third-order valence-corrected chi connectivity index (χ3v) is 5.85. The summed E-state index contributed by atoms with van der Waals surface area (Å²) in [5.74, 6) is -2.40. The van der Waals surface area contributed by atoms with E-state index in [1.54, 1.807) is 17.4 Å². The van der Waals surface area contributed by atoms with Crippen LogP contribution in [0.25, 0.3) is 16.7 Å².